The van der Waals surface area contributed by atoms with Crippen LogP contribution < -0.4 is 5.32 Å². The van der Waals surface area contributed by atoms with Gasteiger partial charge in [-0.3, -0.25) is 0 Å². The largest absolute Gasteiger partial charge is 0.380 e. The summed E-state index contributed by atoms with van der Waals surface area (Å²) in [7, 11) is 0. The molecule has 1 aliphatic carbocycles. The molecule has 0 fully saturated rings. The number of benzene rings is 2. The zero-order chi connectivity index (χ0) is 13.4. The van der Waals surface area contributed by atoms with E-state index in [0.29, 0.717) is 16.1 Å². The molecule has 0 saturated carbocycles. The van der Waals surface area contributed by atoms with E-state index in [-0.39, 0.29) is 0 Å². The van der Waals surface area contributed by atoms with E-state index in [1.165, 1.54) is 11.1 Å². The topological polar surface area (TPSA) is 12.0 Å². The zero-order valence-corrected chi connectivity index (χ0v) is 12.4. The molecule has 1 N–H and O–H groups in total. The highest BCUT2D eigenvalue weighted by Gasteiger charge is 2.22. The summed E-state index contributed by atoms with van der Waals surface area (Å²) < 4.78 is 0. The van der Waals surface area contributed by atoms with Crippen molar-refractivity contribution < 1.29 is 0 Å². The van der Waals surface area contributed by atoms with Gasteiger partial charge in [-0.2, -0.15) is 0 Å². The summed E-state index contributed by atoms with van der Waals surface area (Å²) in [5.74, 6) is 0. The van der Waals surface area contributed by atoms with Gasteiger partial charge in [-0.05, 0) is 48.2 Å². The summed E-state index contributed by atoms with van der Waals surface area (Å²) in [5, 5.41) is 5.40. The molecular formula is C15H12Cl3N. The third-order valence-electron chi connectivity index (χ3n) is 3.41. The monoisotopic (exact) mass is 311 g/mol. The molecule has 1 unspecified atom stereocenters. The molecule has 0 heterocycles. The van der Waals surface area contributed by atoms with Crippen LogP contribution in [-0.4, -0.2) is 6.04 Å². The molecule has 0 amide bonds. The molecule has 3 rings (SSSR count). The third-order valence-corrected chi connectivity index (χ3v) is 4.47. The van der Waals surface area contributed by atoms with Crippen LogP contribution in [0, 0.1) is 0 Å². The van der Waals surface area contributed by atoms with Crippen molar-refractivity contribution in [2.24, 2.45) is 0 Å². The lowest BCUT2D eigenvalue weighted by Gasteiger charge is -2.15. The Morgan fingerprint density at radius 1 is 0.947 bits per heavy atom. The Balaban J connectivity index is 1.79. The summed E-state index contributed by atoms with van der Waals surface area (Å²) in [4.78, 5) is 0. The molecule has 1 atom stereocenters. The van der Waals surface area contributed by atoms with Gasteiger partial charge in [0.15, 0.2) is 0 Å². The van der Waals surface area contributed by atoms with Crippen LogP contribution in [0.2, 0.25) is 15.1 Å². The number of hydrogen-bond donors (Lipinski definition) is 1. The SMILES string of the molecule is Clc1ccc2c(c1)CC(Nc1cccc(Cl)c1Cl)C2. The summed E-state index contributed by atoms with van der Waals surface area (Å²) in [6.07, 6.45) is 1.94. The third kappa shape index (κ3) is 2.69. The standard InChI is InChI=1S/C15H12Cl3N/c16-11-5-4-9-7-12(8-10(9)6-11)19-14-3-1-2-13(17)15(14)18/h1-6,12,19H,7-8H2. The van der Waals surface area contributed by atoms with Crippen LogP contribution in [-0.2, 0) is 12.8 Å². The second kappa shape index (κ2) is 5.24. The van der Waals surface area contributed by atoms with Gasteiger partial charge >= 0.3 is 0 Å². The fourth-order valence-corrected chi connectivity index (χ4v) is 3.07. The highest BCUT2D eigenvalue weighted by atomic mass is 35.5. The van der Waals surface area contributed by atoms with Crippen molar-refractivity contribution in [3.63, 3.8) is 0 Å². The fraction of sp³-hybridized carbons (Fsp3) is 0.200. The molecule has 0 radical (unpaired) electrons. The van der Waals surface area contributed by atoms with E-state index in [2.05, 4.69) is 11.4 Å². The minimum Gasteiger partial charge on any atom is -0.380 e. The lowest BCUT2D eigenvalue weighted by molar-refractivity contribution is 0.774. The lowest BCUT2D eigenvalue weighted by atomic mass is 10.1. The first-order chi connectivity index (χ1) is 9.13. The maximum absolute atomic E-state index is 6.19. The van der Waals surface area contributed by atoms with Crippen molar-refractivity contribution in [2.75, 3.05) is 5.32 Å². The summed E-state index contributed by atoms with van der Waals surface area (Å²) in [5.41, 5.74) is 3.54. The van der Waals surface area contributed by atoms with E-state index >= 15 is 0 Å². The van der Waals surface area contributed by atoms with Crippen molar-refractivity contribution in [3.8, 4) is 0 Å². The number of halogens is 3. The van der Waals surface area contributed by atoms with E-state index in [0.717, 1.165) is 23.6 Å². The molecule has 0 aromatic heterocycles. The maximum Gasteiger partial charge on any atom is 0.0823 e. The van der Waals surface area contributed by atoms with Gasteiger partial charge in [0.25, 0.3) is 0 Å². The molecule has 19 heavy (non-hydrogen) atoms. The Morgan fingerprint density at radius 2 is 1.74 bits per heavy atom. The van der Waals surface area contributed by atoms with Crippen molar-refractivity contribution >= 4 is 40.5 Å². The van der Waals surface area contributed by atoms with Gasteiger partial charge in [-0.25, -0.2) is 0 Å². The van der Waals surface area contributed by atoms with Crippen molar-refractivity contribution in [3.05, 3.63) is 62.6 Å². The minimum absolute atomic E-state index is 0.337. The van der Waals surface area contributed by atoms with Crippen LogP contribution in [0.1, 0.15) is 11.1 Å². The van der Waals surface area contributed by atoms with E-state index in [9.17, 15) is 0 Å². The Bertz CT molecular complexity index is 625. The normalized spacial score (nSPS) is 17.3. The van der Waals surface area contributed by atoms with Crippen LogP contribution in [0.25, 0.3) is 0 Å². The Labute approximate surface area is 127 Å². The molecule has 0 aliphatic heterocycles. The minimum atomic E-state index is 0.337. The average Bonchev–Trinajstić information content (AvgIpc) is 2.76. The second-order valence-electron chi connectivity index (χ2n) is 4.76. The van der Waals surface area contributed by atoms with Crippen molar-refractivity contribution in [2.45, 2.75) is 18.9 Å². The first-order valence-corrected chi connectivity index (χ1v) is 7.25. The molecule has 0 saturated heterocycles. The quantitative estimate of drug-likeness (QED) is 0.801. The Morgan fingerprint density at radius 3 is 2.58 bits per heavy atom. The van der Waals surface area contributed by atoms with Crippen molar-refractivity contribution in [1.29, 1.82) is 0 Å². The Hall–Kier alpha value is -0.890. The van der Waals surface area contributed by atoms with Gasteiger partial charge in [0.05, 0.1) is 15.7 Å². The number of fused-ring (bicyclic) bond motifs is 1. The van der Waals surface area contributed by atoms with Gasteiger partial charge in [0, 0.05) is 11.1 Å². The fourth-order valence-electron chi connectivity index (χ4n) is 2.52. The van der Waals surface area contributed by atoms with E-state index in [4.69, 9.17) is 34.8 Å². The van der Waals surface area contributed by atoms with Gasteiger partial charge < -0.3 is 5.32 Å². The first-order valence-electron chi connectivity index (χ1n) is 6.11. The van der Waals surface area contributed by atoms with Crippen molar-refractivity contribution in [1.82, 2.24) is 0 Å². The van der Waals surface area contributed by atoms with E-state index in [1.807, 2.05) is 24.3 Å². The predicted molar refractivity (Wildman–Crippen MR) is 82.7 cm³/mol. The van der Waals surface area contributed by atoms with Gasteiger partial charge in [0.1, 0.15) is 0 Å². The van der Waals surface area contributed by atoms with Crippen LogP contribution >= 0.6 is 34.8 Å². The molecular weight excluding hydrogens is 301 g/mol. The number of rotatable bonds is 2. The number of hydrogen-bond acceptors (Lipinski definition) is 1. The molecule has 0 bridgehead atoms. The molecule has 4 heteroatoms. The van der Waals surface area contributed by atoms with Crippen LogP contribution in [0.15, 0.2) is 36.4 Å². The molecule has 2 aromatic rings. The van der Waals surface area contributed by atoms with Gasteiger partial charge in [-0.15, -0.1) is 0 Å². The molecule has 2 aromatic carbocycles. The van der Waals surface area contributed by atoms with Crippen LogP contribution in [0.3, 0.4) is 0 Å². The summed E-state index contributed by atoms with van der Waals surface area (Å²) >= 11 is 18.2. The molecule has 1 aliphatic rings. The number of nitrogens with one attached hydrogen (secondary N) is 1. The molecule has 1 nitrogen and oxygen atoms in total. The van der Waals surface area contributed by atoms with Crippen LogP contribution in [0.4, 0.5) is 5.69 Å². The second-order valence-corrected chi connectivity index (χ2v) is 5.99. The number of anilines is 1. The zero-order valence-electron chi connectivity index (χ0n) is 10.1. The smallest absolute Gasteiger partial charge is 0.0823 e. The van der Waals surface area contributed by atoms with Crippen LogP contribution in [0.5, 0.6) is 0 Å². The van der Waals surface area contributed by atoms with E-state index < -0.39 is 0 Å². The molecule has 98 valence electrons. The summed E-state index contributed by atoms with van der Waals surface area (Å²) in [6.45, 7) is 0. The highest BCUT2D eigenvalue weighted by Crippen LogP contribution is 2.32. The highest BCUT2D eigenvalue weighted by molar-refractivity contribution is 6.43. The first kappa shape index (κ1) is 13.1. The van der Waals surface area contributed by atoms with Gasteiger partial charge in [0.2, 0.25) is 0 Å². The van der Waals surface area contributed by atoms with Gasteiger partial charge in [-0.1, -0.05) is 46.9 Å². The maximum atomic E-state index is 6.19. The predicted octanol–water partition coefficient (Wildman–Crippen LogP) is 5.23. The Kier molecular flexibility index (Phi) is 3.62. The summed E-state index contributed by atoms with van der Waals surface area (Å²) in [6, 6.07) is 12.0. The molecule has 0 spiro atoms. The van der Waals surface area contributed by atoms with E-state index in [1.54, 1.807) is 6.07 Å². The average molecular weight is 313 g/mol. The lowest BCUT2D eigenvalue weighted by Crippen LogP contribution is -2.19.